The number of anilines is 1. The van der Waals surface area contributed by atoms with Crippen LogP contribution in [0.4, 0.5) is 5.69 Å². The monoisotopic (exact) mass is 396 g/mol. The minimum Gasteiger partial charge on any atom is -0.483 e. The lowest BCUT2D eigenvalue weighted by molar-refractivity contribution is -0.138. The number of hydrogen-bond donors (Lipinski definition) is 3. The Labute approximate surface area is 169 Å². The largest absolute Gasteiger partial charge is 0.483 e. The van der Waals surface area contributed by atoms with Crippen molar-refractivity contribution in [3.63, 3.8) is 0 Å². The maximum atomic E-state index is 12.3. The lowest BCUT2D eigenvalue weighted by atomic mass is 10.1. The van der Waals surface area contributed by atoms with Crippen molar-refractivity contribution in [2.75, 3.05) is 19.0 Å². The Kier molecular flexibility index (Phi) is 7.47. The molecule has 152 valence electrons. The number of nitrogens with one attached hydrogen (secondary N) is 3. The topological polar surface area (TPSA) is 109 Å². The number of hydrogen-bond acceptors (Lipinski definition) is 5. The van der Waals surface area contributed by atoms with Crippen LogP contribution in [-0.4, -0.2) is 37.6 Å². The second-order valence-corrected chi connectivity index (χ2v) is 6.43. The normalized spacial score (nSPS) is 10.5. The molecule has 2 rings (SSSR count). The van der Waals surface area contributed by atoms with Gasteiger partial charge in [0, 0.05) is 18.3 Å². The Balaban J connectivity index is 2.00. The molecular weight excluding hydrogens is 372 g/mol. The van der Waals surface area contributed by atoms with Crippen LogP contribution in [0.2, 0.25) is 0 Å². The molecule has 0 bridgehead atoms. The third-order valence-electron chi connectivity index (χ3n) is 4.02. The number of carbonyl (C=O) groups is 3. The summed E-state index contributed by atoms with van der Waals surface area (Å²) in [6.45, 7) is 5.69. The Hall–Kier alpha value is -3.68. The molecule has 8 nitrogen and oxygen atoms in total. The molecule has 8 heteroatoms. The van der Waals surface area contributed by atoms with Gasteiger partial charge >= 0.3 is 11.8 Å². The fourth-order valence-electron chi connectivity index (χ4n) is 2.74. The first kappa shape index (κ1) is 21.6. The Morgan fingerprint density at radius 2 is 1.69 bits per heavy atom. The van der Waals surface area contributed by atoms with Crippen molar-refractivity contribution in [3.05, 3.63) is 58.7 Å². The molecule has 0 spiro atoms. The first-order valence-electron chi connectivity index (χ1n) is 8.96. The smallest absolute Gasteiger partial charge is 0.329 e. The highest BCUT2D eigenvalue weighted by atomic mass is 16.5. The molecule has 3 N–H and O–H groups in total. The number of ether oxygens (including phenoxy) is 1. The first-order chi connectivity index (χ1) is 13.8. The van der Waals surface area contributed by atoms with Crippen LogP contribution in [0.3, 0.4) is 0 Å². The third-order valence-corrected chi connectivity index (χ3v) is 4.02. The van der Waals surface area contributed by atoms with Crippen LogP contribution in [0.1, 0.15) is 22.3 Å². The van der Waals surface area contributed by atoms with Gasteiger partial charge < -0.3 is 15.4 Å². The lowest BCUT2D eigenvalue weighted by Gasteiger charge is -2.14. The first-order valence-corrected chi connectivity index (χ1v) is 8.96. The number of aryl methyl sites for hydroxylation is 3. The van der Waals surface area contributed by atoms with Gasteiger partial charge in [-0.1, -0.05) is 29.8 Å². The summed E-state index contributed by atoms with van der Waals surface area (Å²) in [6, 6.07) is 10.9. The van der Waals surface area contributed by atoms with E-state index in [1.165, 1.54) is 13.3 Å². The molecule has 0 heterocycles. The number of benzene rings is 2. The van der Waals surface area contributed by atoms with Crippen LogP contribution in [-0.2, 0) is 14.4 Å². The molecule has 0 atom stereocenters. The van der Waals surface area contributed by atoms with Gasteiger partial charge in [0.25, 0.3) is 5.91 Å². The molecule has 3 amide bonds. The molecule has 0 radical (unpaired) electrons. The summed E-state index contributed by atoms with van der Waals surface area (Å²) in [7, 11) is 1.35. The number of nitrogens with zero attached hydrogens (tertiary/aromatic N) is 1. The number of hydrazone groups is 1. The molecule has 0 aliphatic rings. The SMILES string of the molecule is CNC(=O)C(=O)N/N=C\c1ccccc1OCC(=O)Nc1c(C)cc(C)cc1C. The summed E-state index contributed by atoms with van der Waals surface area (Å²) in [6.07, 6.45) is 1.34. The van der Waals surface area contributed by atoms with Gasteiger partial charge in [-0.3, -0.25) is 14.4 Å². The zero-order chi connectivity index (χ0) is 21.4. The molecule has 0 fully saturated rings. The Bertz CT molecular complexity index is 930. The molecule has 2 aromatic rings. The van der Waals surface area contributed by atoms with Crippen molar-refractivity contribution >= 4 is 29.6 Å². The van der Waals surface area contributed by atoms with Crippen LogP contribution in [0, 0.1) is 20.8 Å². The van der Waals surface area contributed by atoms with Gasteiger partial charge in [0.2, 0.25) is 0 Å². The highest BCUT2D eigenvalue weighted by Crippen LogP contribution is 2.22. The quantitative estimate of drug-likeness (QED) is 0.393. The van der Waals surface area contributed by atoms with Gasteiger partial charge in [-0.2, -0.15) is 5.10 Å². The molecular formula is C21H24N4O4. The number of para-hydroxylation sites is 1. The number of carbonyl (C=O) groups excluding carboxylic acids is 3. The van der Waals surface area contributed by atoms with E-state index in [-0.39, 0.29) is 12.5 Å². The Morgan fingerprint density at radius 3 is 2.34 bits per heavy atom. The standard InChI is InChI=1S/C21H24N4O4/c1-13-9-14(2)19(15(3)10-13)24-18(26)12-29-17-8-6-5-7-16(17)11-23-25-21(28)20(27)22-4/h5-11H,12H2,1-4H3,(H,22,27)(H,24,26)(H,25,28)/b23-11-. The van der Waals surface area contributed by atoms with Crippen molar-refractivity contribution < 1.29 is 19.1 Å². The number of rotatable bonds is 6. The zero-order valence-corrected chi connectivity index (χ0v) is 16.8. The van der Waals surface area contributed by atoms with Gasteiger partial charge in [0.05, 0.1) is 6.21 Å². The third kappa shape index (κ3) is 6.17. The molecule has 0 aliphatic heterocycles. The highest BCUT2D eigenvalue weighted by molar-refractivity contribution is 6.35. The van der Waals surface area contributed by atoms with Crippen LogP contribution >= 0.6 is 0 Å². The van der Waals surface area contributed by atoms with E-state index in [1.54, 1.807) is 24.3 Å². The van der Waals surface area contributed by atoms with Crippen LogP contribution in [0.15, 0.2) is 41.5 Å². The van der Waals surface area contributed by atoms with Crippen LogP contribution in [0.25, 0.3) is 0 Å². The van der Waals surface area contributed by atoms with Crippen LogP contribution in [0.5, 0.6) is 5.75 Å². The van der Waals surface area contributed by atoms with Gasteiger partial charge in [-0.25, -0.2) is 5.43 Å². The van der Waals surface area contributed by atoms with E-state index in [0.29, 0.717) is 11.3 Å². The minimum atomic E-state index is -0.884. The Morgan fingerprint density at radius 1 is 1.03 bits per heavy atom. The summed E-state index contributed by atoms with van der Waals surface area (Å²) >= 11 is 0. The van der Waals surface area contributed by atoms with Gasteiger partial charge in [-0.05, 0) is 44.0 Å². The molecule has 0 saturated carbocycles. The molecule has 29 heavy (non-hydrogen) atoms. The summed E-state index contributed by atoms with van der Waals surface area (Å²) in [5, 5.41) is 8.80. The zero-order valence-electron chi connectivity index (χ0n) is 16.8. The van der Waals surface area contributed by atoms with E-state index in [1.807, 2.05) is 32.9 Å². The average Bonchev–Trinajstić information content (AvgIpc) is 2.69. The van der Waals surface area contributed by atoms with Crippen molar-refractivity contribution in [1.29, 1.82) is 0 Å². The van der Waals surface area contributed by atoms with Gasteiger partial charge in [0.15, 0.2) is 6.61 Å². The van der Waals surface area contributed by atoms with E-state index < -0.39 is 11.8 Å². The molecule has 0 saturated heterocycles. The number of amides is 3. The molecule has 0 unspecified atom stereocenters. The summed E-state index contributed by atoms with van der Waals surface area (Å²) in [4.78, 5) is 34.9. The fraction of sp³-hybridized carbons (Fsp3) is 0.238. The van der Waals surface area contributed by atoms with E-state index in [9.17, 15) is 14.4 Å². The van der Waals surface area contributed by atoms with E-state index in [0.717, 1.165) is 22.4 Å². The predicted molar refractivity (Wildman–Crippen MR) is 111 cm³/mol. The fourth-order valence-corrected chi connectivity index (χ4v) is 2.74. The summed E-state index contributed by atoms with van der Waals surface area (Å²) in [5.41, 5.74) is 6.52. The lowest BCUT2D eigenvalue weighted by Crippen LogP contribution is -2.35. The summed E-state index contributed by atoms with van der Waals surface area (Å²) < 4.78 is 5.61. The van der Waals surface area contributed by atoms with E-state index in [4.69, 9.17) is 4.74 Å². The van der Waals surface area contributed by atoms with E-state index in [2.05, 4.69) is 21.2 Å². The second-order valence-electron chi connectivity index (χ2n) is 6.43. The van der Waals surface area contributed by atoms with Crippen molar-refractivity contribution in [3.8, 4) is 5.75 Å². The van der Waals surface area contributed by atoms with Gasteiger partial charge in [-0.15, -0.1) is 0 Å². The van der Waals surface area contributed by atoms with Gasteiger partial charge in [0.1, 0.15) is 5.75 Å². The predicted octanol–water partition coefficient (Wildman–Crippen LogP) is 1.83. The van der Waals surface area contributed by atoms with Crippen molar-refractivity contribution in [2.45, 2.75) is 20.8 Å². The van der Waals surface area contributed by atoms with Crippen LogP contribution < -0.4 is 20.8 Å². The maximum absolute atomic E-state index is 12.3. The maximum Gasteiger partial charge on any atom is 0.329 e. The van der Waals surface area contributed by atoms with Crippen molar-refractivity contribution in [1.82, 2.24) is 10.7 Å². The molecule has 2 aromatic carbocycles. The molecule has 0 aliphatic carbocycles. The average molecular weight is 396 g/mol. The second kappa shape index (κ2) is 10.0. The minimum absolute atomic E-state index is 0.192. The highest BCUT2D eigenvalue weighted by Gasteiger charge is 2.11. The molecule has 0 aromatic heterocycles. The van der Waals surface area contributed by atoms with E-state index >= 15 is 0 Å². The summed E-state index contributed by atoms with van der Waals surface area (Å²) in [5.74, 6) is -1.56. The number of likely N-dealkylation sites (N-methyl/N-ethyl adjacent to an activating group) is 1. The van der Waals surface area contributed by atoms with Crippen molar-refractivity contribution in [2.24, 2.45) is 5.10 Å².